The van der Waals surface area contributed by atoms with Gasteiger partial charge < -0.3 is 10.1 Å². The van der Waals surface area contributed by atoms with E-state index in [9.17, 15) is 4.79 Å². The second-order valence-corrected chi connectivity index (χ2v) is 8.21. The Morgan fingerprint density at radius 2 is 2.08 bits per heavy atom. The fourth-order valence-electron chi connectivity index (χ4n) is 2.38. The van der Waals surface area contributed by atoms with Crippen molar-refractivity contribution >= 4 is 51.9 Å². The lowest BCUT2D eigenvalue weighted by atomic mass is 10.1. The summed E-state index contributed by atoms with van der Waals surface area (Å²) in [6.45, 7) is 5.44. The lowest BCUT2D eigenvalue weighted by Crippen LogP contribution is -2.47. The molecule has 0 radical (unpaired) electrons. The van der Waals surface area contributed by atoms with E-state index in [-0.39, 0.29) is 5.91 Å². The summed E-state index contributed by atoms with van der Waals surface area (Å²) in [6.07, 6.45) is 5.59. The van der Waals surface area contributed by atoms with Crippen molar-refractivity contribution in [2.75, 3.05) is 12.5 Å². The smallest absolute Gasteiger partial charge is 0.272 e. The number of nitrogens with one attached hydrogen (secondary N) is 1. The van der Waals surface area contributed by atoms with Crippen LogP contribution < -0.4 is 10.1 Å². The van der Waals surface area contributed by atoms with E-state index in [1.54, 1.807) is 30.9 Å². The number of carbonyl (C=O) groups is 1. The van der Waals surface area contributed by atoms with Gasteiger partial charge in [-0.25, -0.2) is 0 Å². The Labute approximate surface area is 167 Å². The molecule has 1 N–H and O–H groups in total. The molecule has 0 saturated heterocycles. The van der Waals surface area contributed by atoms with Crippen molar-refractivity contribution in [3.8, 4) is 17.6 Å². The third-order valence-corrected chi connectivity index (χ3v) is 5.19. The Kier molecular flexibility index (Phi) is 7.10. The molecule has 2 rings (SSSR count). The number of carbonyl (C=O) groups excluding carboxylic acids is 1. The highest BCUT2D eigenvalue weighted by atomic mass is 35.5. The topological polar surface area (TPSA) is 51.2 Å². The summed E-state index contributed by atoms with van der Waals surface area (Å²) in [5.41, 5.74) is -0.624. The predicted molar refractivity (Wildman–Crippen MR) is 112 cm³/mol. The highest BCUT2D eigenvalue weighted by Crippen LogP contribution is 2.31. The van der Waals surface area contributed by atoms with Crippen molar-refractivity contribution in [1.29, 1.82) is 0 Å². The van der Waals surface area contributed by atoms with Gasteiger partial charge in [0.1, 0.15) is 5.75 Å². The zero-order chi connectivity index (χ0) is 19.3. The van der Waals surface area contributed by atoms with Crippen LogP contribution in [0.3, 0.4) is 0 Å². The molecule has 1 amide bonds. The second-order valence-electron chi connectivity index (χ2n) is 6.03. The average molecular weight is 409 g/mol. The van der Waals surface area contributed by atoms with Crippen molar-refractivity contribution in [3.63, 3.8) is 0 Å². The SMILES string of the molecule is CC#CC(C)(C)NC(=O)C(Oc1cc(Cl)c2ncc(SC)cc2c1)SC. The van der Waals surface area contributed by atoms with E-state index in [4.69, 9.17) is 16.3 Å². The first-order chi connectivity index (χ1) is 12.3. The van der Waals surface area contributed by atoms with Crippen LogP contribution in [0.15, 0.2) is 29.3 Å². The van der Waals surface area contributed by atoms with Crippen LogP contribution >= 0.6 is 35.1 Å². The molecular formula is C19H21ClN2O2S2. The molecular weight excluding hydrogens is 388 g/mol. The van der Waals surface area contributed by atoms with E-state index in [2.05, 4.69) is 22.1 Å². The molecule has 4 nitrogen and oxygen atoms in total. The van der Waals surface area contributed by atoms with Crippen molar-refractivity contribution in [3.05, 3.63) is 29.4 Å². The molecule has 1 unspecified atom stereocenters. The molecule has 26 heavy (non-hydrogen) atoms. The lowest BCUT2D eigenvalue weighted by molar-refractivity contribution is -0.125. The molecule has 1 aromatic carbocycles. The lowest BCUT2D eigenvalue weighted by Gasteiger charge is -2.24. The van der Waals surface area contributed by atoms with Gasteiger partial charge in [0, 0.05) is 22.5 Å². The maximum absolute atomic E-state index is 12.5. The van der Waals surface area contributed by atoms with E-state index < -0.39 is 11.0 Å². The number of rotatable bonds is 6. The van der Waals surface area contributed by atoms with Crippen LogP contribution in [0, 0.1) is 11.8 Å². The van der Waals surface area contributed by atoms with E-state index in [0.29, 0.717) is 16.3 Å². The van der Waals surface area contributed by atoms with Gasteiger partial charge in [0.2, 0.25) is 5.44 Å². The Hall–Kier alpha value is -1.55. The van der Waals surface area contributed by atoms with E-state index in [1.807, 2.05) is 38.5 Å². The number of fused-ring (bicyclic) bond motifs is 1. The van der Waals surface area contributed by atoms with Gasteiger partial charge in [-0.1, -0.05) is 17.5 Å². The monoisotopic (exact) mass is 408 g/mol. The minimum Gasteiger partial charge on any atom is -0.470 e. The number of amides is 1. The van der Waals surface area contributed by atoms with E-state index in [1.165, 1.54) is 11.8 Å². The number of hydrogen-bond acceptors (Lipinski definition) is 5. The third-order valence-electron chi connectivity index (χ3n) is 3.47. The van der Waals surface area contributed by atoms with Gasteiger partial charge in [0.15, 0.2) is 0 Å². The molecule has 0 spiro atoms. The molecule has 0 fully saturated rings. The highest BCUT2D eigenvalue weighted by molar-refractivity contribution is 7.99. The summed E-state index contributed by atoms with van der Waals surface area (Å²) >= 11 is 9.24. The molecule has 1 atom stereocenters. The standard InChI is InChI=1S/C19H21ClN2O2S2/c1-6-7-19(2,3)22-17(23)18(26-5)24-13-8-12-9-14(25-4)11-21-16(12)15(20)10-13/h8-11,18H,1-5H3,(H,22,23). The average Bonchev–Trinajstić information content (AvgIpc) is 2.58. The zero-order valence-corrected chi connectivity index (χ0v) is 17.7. The summed E-state index contributed by atoms with van der Waals surface area (Å²) in [7, 11) is 0. The number of nitrogens with zero attached hydrogens (tertiary/aromatic N) is 1. The van der Waals surface area contributed by atoms with E-state index in [0.717, 1.165) is 10.3 Å². The summed E-state index contributed by atoms with van der Waals surface area (Å²) in [4.78, 5) is 18.0. The third kappa shape index (κ3) is 5.23. The summed E-state index contributed by atoms with van der Waals surface area (Å²) in [5, 5.41) is 4.25. The van der Waals surface area contributed by atoms with Gasteiger partial charge in [0.25, 0.3) is 5.91 Å². The number of aromatic nitrogens is 1. The molecule has 1 aromatic heterocycles. The number of thioether (sulfide) groups is 2. The maximum atomic E-state index is 12.5. The van der Waals surface area contributed by atoms with E-state index >= 15 is 0 Å². The fourth-order valence-corrected chi connectivity index (χ4v) is 3.53. The molecule has 0 aliphatic rings. The molecule has 0 aliphatic heterocycles. The molecule has 2 aromatic rings. The summed E-state index contributed by atoms with van der Waals surface area (Å²) < 4.78 is 5.90. The molecule has 138 valence electrons. The zero-order valence-electron chi connectivity index (χ0n) is 15.3. The Bertz CT molecular complexity index is 875. The second kappa shape index (κ2) is 8.90. The van der Waals surface area contributed by atoms with Crippen LogP contribution in [0.4, 0.5) is 0 Å². The van der Waals surface area contributed by atoms with Crippen LogP contribution in [0.5, 0.6) is 5.75 Å². The van der Waals surface area contributed by atoms with Crippen molar-refractivity contribution in [1.82, 2.24) is 10.3 Å². The van der Waals surface area contributed by atoms with Crippen LogP contribution in [-0.4, -0.2) is 34.4 Å². The highest BCUT2D eigenvalue weighted by Gasteiger charge is 2.25. The largest absolute Gasteiger partial charge is 0.470 e. The minimum atomic E-state index is -0.710. The van der Waals surface area contributed by atoms with Crippen LogP contribution in [0.2, 0.25) is 5.02 Å². The van der Waals surface area contributed by atoms with Gasteiger partial charge in [0.05, 0.1) is 16.1 Å². The number of ether oxygens (including phenoxy) is 1. The molecule has 1 heterocycles. The molecule has 0 bridgehead atoms. The number of benzene rings is 1. The number of halogens is 1. The molecule has 0 aliphatic carbocycles. The molecule has 7 heteroatoms. The summed E-state index contributed by atoms with van der Waals surface area (Å²) in [5.74, 6) is 6.07. The van der Waals surface area contributed by atoms with Crippen molar-refractivity contribution in [2.24, 2.45) is 0 Å². The van der Waals surface area contributed by atoms with Crippen molar-refractivity contribution in [2.45, 2.75) is 36.6 Å². The molecule has 0 saturated carbocycles. The van der Waals surface area contributed by atoms with Gasteiger partial charge in [-0.05, 0) is 45.4 Å². The quantitative estimate of drug-likeness (QED) is 0.430. The first-order valence-corrected chi connectivity index (χ1v) is 10.8. The normalized spacial score (nSPS) is 12.2. The van der Waals surface area contributed by atoms with Gasteiger partial charge in [-0.15, -0.1) is 29.4 Å². The number of pyridine rings is 1. The van der Waals surface area contributed by atoms with Crippen molar-refractivity contribution < 1.29 is 9.53 Å². The van der Waals surface area contributed by atoms with Crippen LogP contribution in [0.1, 0.15) is 20.8 Å². The van der Waals surface area contributed by atoms with Gasteiger partial charge in [-0.2, -0.15) is 0 Å². The fraction of sp³-hybridized carbons (Fsp3) is 0.368. The van der Waals surface area contributed by atoms with Crippen LogP contribution in [0.25, 0.3) is 10.9 Å². The first kappa shape index (κ1) is 20.8. The summed E-state index contributed by atoms with van der Waals surface area (Å²) in [6, 6.07) is 5.53. The Balaban J connectivity index is 2.26. The van der Waals surface area contributed by atoms with Crippen LogP contribution in [-0.2, 0) is 4.79 Å². The predicted octanol–water partition coefficient (Wildman–Crippen LogP) is 4.60. The Morgan fingerprint density at radius 1 is 1.35 bits per heavy atom. The maximum Gasteiger partial charge on any atom is 0.272 e. The first-order valence-electron chi connectivity index (χ1n) is 7.88. The number of hydrogen-bond donors (Lipinski definition) is 1. The van der Waals surface area contributed by atoms with Gasteiger partial charge >= 0.3 is 0 Å². The Morgan fingerprint density at radius 3 is 2.69 bits per heavy atom. The van der Waals surface area contributed by atoms with Gasteiger partial charge in [-0.3, -0.25) is 9.78 Å². The minimum absolute atomic E-state index is 0.238.